The minimum absolute atomic E-state index is 0.0908. The molecule has 2 rings (SSSR count). The van der Waals surface area contributed by atoms with Gasteiger partial charge in [0.25, 0.3) is 0 Å². The second-order valence-electron chi connectivity index (χ2n) is 3.86. The van der Waals surface area contributed by atoms with Gasteiger partial charge < -0.3 is 15.2 Å². The quantitative estimate of drug-likeness (QED) is 0.669. The lowest BCUT2D eigenvalue weighted by atomic mass is 10.2. The molecule has 19 heavy (non-hydrogen) atoms. The van der Waals surface area contributed by atoms with Gasteiger partial charge in [-0.1, -0.05) is 0 Å². The molecule has 0 saturated carbocycles. The molecule has 1 aromatic carbocycles. The van der Waals surface area contributed by atoms with Gasteiger partial charge in [-0.3, -0.25) is 4.98 Å². The monoisotopic (exact) mass is 259 g/mol. The number of aromatic nitrogens is 2. The lowest BCUT2D eigenvalue weighted by Crippen LogP contribution is -2.05. The first-order valence-electron chi connectivity index (χ1n) is 5.54. The van der Waals surface area contributed by atoms with Crippen molar-refractivity contribution in [2.24, 2.45) is 0 Å². The van der Waals surface area contributed by atoms with E-state index >= 15 is 0 Å². The van der Waals surface area contributed by atoms with E-state index in [1.54, 1.807) is 18.2 Å². The number of anilines is 1. The smallest absolute Gasteiger partial charge is 0.358 e. The highest BCUT2D eigenvalue weighted by Crippen LogP contribution is 2.24. The number of ether oxygens (including phenoxy) is 2. The first kappa shape index (κ1) is 12.8. The molecular formula is C13H13N3O3. The summed E-state index contributed by atoms with van der Waals surface area (Å²) in [6, 6.07) is 5.24. The van der Waals surface area contributed by atoms with Crippen LogP contribution in [-0.2, 0) is 4.74 Å². The molecule has 0 fully saturated rings. The first-order chi connectivity index (χ1) is 9.10. The number of benzene rings is 1. The molecule has 1 aromatic heterocycles. The maximum Gasteiger partial charge on any atom is 0.358 e. The highest BCUT2D eigenvalue weighted by atomic mass is 16.5. The second-order valence-corrected chi connectivity index (χ2v) is 3.86. The van der Waals surface area contributed by atoms with Gasteiger partial charge in [0.2, 0.25) is 5.88 Å². The fourth-order valence-electron chi connectivity index (χ4n) is 1.50. The number of carbonyl (C=O) groups is 1. The summed E-state index contributed by atoms with van der Waals surface area (Å²) in [7, 11) is 1.28. The largest absolute Gasteiger partial charge is 0.464 e. The van der Waals surface area contributed by atoms with Crippen LogP contribution < -0.4 is 10.5 Å². The van der Waals surface area contributed by atoms with Crippen LogP contribution in [0.1, 0.15) is 16.1 Å². The summed E-state index contributed by atoms with van der Waals surface area (Å²) in [4.78, 5) is 19.2. The van der Waals surface area contributed by atoms with Gasteiger partial charge in [0, 0.05) is 5.69 Å². The average Bonchev–Trinajstić information content (AvgIpc) is 2.41. The van der Waals surface area contributed by atoms with Gasteiger partial charge in [-0.15, -0.1) is 0 Å². The number of aryl methyl sites for hydroxylation is 1. The summed E-state index contributed by atoms with van der Waals surface area (Å²) in [5.74, 6) is 0.258. The lowest BCUT2D eigenvalue weighted by Gasteiger charge is -2.08. The highest BCUT2D eigenvalue weighted by Gasteiger charge is 2.10. The van der Waals surface area contributed by atoms with Gasteiger partial charge in [0.15, 0.2) is 5.69 Å². The molecule has 0 amide bonds. The number of hydrogen-bond acceptors (Lipinski definition) is 6. The molecule has 0 aliphatic rings. The van der Waals surface area contributed by atoms with Crippen molar-refractivity contribution in [2.75, 3.05) is 12.8 Å². The van der Waals surface area contributed by atoms with Gasteiger partial charge in [-0.05, 0) is 30.7 Å². The number of esters is 1. The number of hydrogen-bond donors (Lipinski definition) is 1. The molecule has 0 atom stereocenters. The van der Waals surface area contributed by atoms with Crippen LogP contribution in [0.15, 0.2) is 30.6 Å². The van der Waals surface area contributed by atoms with Crippen molar-refractivity contribution >= 4 is 11.7 Å². The summed E-state index contributed by atoms with van der Waals surface area (Å²) >= 11 is 0. The van der Waals surface area contributed by atoms with Crippen molar-refractivity contribution in [2.45, 2.75) is 6.92 Å². The van der Waals surface area contributed by atoms with Gasteiger partial charge in [0.05, 0.1) is 19.5 Å². The Morgan fingerprint density at radius 2 is 2.11 bits per heavy atom. The molecule has 2 N–H and O–H groups in total. The molecular weight excluding hydrogens is 246 g/mol. The van der Waals surface area contributed by atoms with E-state index in [-0.39, 0.29) is 11.6 Å². The maximum absolute atomic E-state index is 11.3. The molecule has 6 heteroatoms. The number of rotatable bonds is 3. The van der Waals surface area contributed by atoms with Crippen LogP contribution in [0.25, 0.3) is 0 Å². The number of nitrogen functional groups attached to an aromatic ring is 1. The Bertz CT molecular complexity index is 614. The molecule has 0 unspecified atom stereocenters. The number of nitrogens with zero attached hydrogens (tertiary/aromatic N) is 2. The molecule has 0 saturated heterocycles. The predicted molar refractivity (Wildman–Crippen MR) is 69.0 cm³/mol. The topological polar surface area (TPSA) is 87.3 Å². The van der Waals surface area contributed by atoms with E-state index in [1.807, 2.05) is 6.92 Å². The molecule has 1 heterocycles. The Balaban J connectivity index is 2.26. The van der Waals surface area contributed by atoms with Gasteiger partial charge in [0.1, 0.15) is 5.75 Å². The molecule has 2 aromatic rings. The van der Waals surface area contributed by atoms with Crippen molar-refractivity contribution < 1.29 is 14.3 Å². The zero-order chi connectivity index (χ0) is 13.8. The summed E-state index contributed by atoms with van der Waals surface area (Å²) in [5, 5.41) is 0. The minimum atomic E-state index is -0.563. The summed E-state index contributed by atoms with van der Waals surface area (Å²) < 4.78 is 10.1. The molecule has 0 aliphatic heterocycles. The third-order valence-corrected chi connectivity index (χ3v) is 2.42. The lowest BCUT2D eigenvalue weighted by molar-refractivity contribution is 0.0592. The normalized spacial score (nSPS) is 10.0. The van der Waals surface area contributed by atoms with Gasteiger partial charge in [-0.2, -0.15) is 0 Å². The van der Waals surface area contributed by atoms with Crippen LogP contribution >= 0.6 is 0 Å². The molecule has 98 valence electrons. The zero-order valence-electron chi connectivity index (χ0n) is 10.6. The molecule has 0 radical (unpaired) electrons. The van der Waals surface area contributed by atoms with Crippen LogP contribution in [0, 0.1) is 6.92 Å². The second kappa shape index (κ2) is 5.34. The highest BCUT2D eigenvalue weighted by molar-refractivity contribution is 5.86. The predicted octanol–water partition coefficient (Wildman–Crippen LogP) is 1.95. The Morgan fingerprint density at radius 3 is 2.79 bits per heavy atom. The Labute approximate surface area is 110 Å². The van der Waals surface area contributed by atoms with Crippen LogP contribution in [0.4, 0.5) is 5.69 Å². The third-order valence-electron chi connectivity index (χ3n) is 2.42. The van der Waals surface area contributed by atoms with E-state index in [1.165, 1.54) is 19.5 Å². The van der Waals surface area contributed by atoms with Crippen molar-refractivity contribution in [1.29, 1.82) is 0 Å². The van der Waals surface area contributed by atoms with E-state index in [4.69, 9.17) is 10.5 Å². The van der Waals surface area contributed by atoms with Crippen molar-refractivity contribution in [3.63, 3.8) is 0 Å². The molecule has 6 nitrogen and oxygen atoms in total. The third kappa shape index (κ3) is 2.98. The zero-order valence-corrected chi connectivity index (χ0v) is 10.6. The van der Waals surface area contributed by atoms with E-state index < -0.39 is 5.97 Å². The molecule has 0 spiro atoms. The fraction of sp³-hybridized carbons (Fsp3) is 0.154. The van der Waals surface area contributed by atoms with Crippen molar-refractivity contribution in [3.8, 4) is 11.6 Å². The Morgan fingerprint density at radius 1 is 1.32 bits per heavy atom. The number of nitrogens with two attached hydrogens (primary N) is 1. The summed E-state index contributed by atoms with van der Waals surface area (Å²) in [6.07, 6.45) is 2.73. The molecule has 0 aliphatic carbocycles. The average molecular weight is 259 g/mol. The minimum Gasteiger partial charge on any atom is -0.464 e. The van der Waals surface area contributed by atoms with Crippen LogP contribution in [0.2, 0.25) is 0 Å². The van der Waals surface area contributed by atoms with E-state index in [0.717, 1.165) is 5.56 Å². The summed E-state index contributed by atoms with van der Waals surface area (Å²) in [5.41, 5.74) is 7.27. The van der Waals surface area contributed by atoms with Gasteiger partial charge >= 0.3 is 5.97 Å². The number of methoxy groups -OCH3 is 1. The summed E-state index contributed by atoms with van der Waals surface area (Å²) in [6.45, 7) is 1.86. The first-order valence-corrected chi connectivity index (χ1v) is 5.54. The fourth-order valence-corrected chi connectivity index (χ4v) is 1.50. The van der Waals surface area contributed by atoms with Crippen LogP contribution in [0.5, 0.6) is 11.6 Å². The Hall–Kier alpha value is -2.63. The van der Waals surface area contributed by atoms with E-state index in [2.05, 4.69) is 14.7 Å². The SMILES string of the molecule is COC(=O)c1cncc(Oc2ccc(N)cc2C)n1. The number of carbonyl (C=O) groups excluding carboxylic acids is 1. The van der Waals surface area contributed by atoms with Crippen molar-refractivity contribution in [3.05, 3.63) is 41.9 Å². The maximum atomic E-state index is 11.3. The Kier molecular flexibility index (Phi) is 3.61. The van der Waals surface area contributed by atoms with E-state index in [9.17, 15) is 4.79 Å². The van der Waals surface area contributed by atoms with Crippen LogP contribution in [0.3, 0.4) is 0 Å². The van der Waals surface area contributed by atoms with E-state index in [0.29, 0.717) is 11.4 Å². The van der Waals surface area contributed by atoms with Crippen LogP contribution in [-0.4, -0.2) is 23.0 Å². The molecule has 0 bridgehead atoms. The standard InChI is InChI=1S/C13H13N3O3/c1-8-5-9(14)3-4-11(8)19-12-7-15-6-10(16-12)13(17)18-2/h3-7H,14H2,1-2H3. The van der Waals surface area contributed by atoms with Gasteiger partial charge in [-0.25, -0.2) is 9.78 Å². The van der Waals surface area contributed by atoms with Crippen molar-refractivity contribution in [1.82, 2.24) is 9.97 Å².